The quantitative estimate of drug-likeness (QED) is 0.671. The highest BCUT2D eigenvalue weighted by atomic mass is 16.6. The fraction of sp³-hybridized carbons (Fsp3) is 0.286. The second-order valence-corrected chi connectivity index (χ2v) is 4.54. The summed E-state index contributed by atoms with van der Waals surface area (Å²) in [5, 5.41) is 14.0. The van der Waals surface area contributed by atoms with Crippen LogP contribution in [0.2, 0.25) is 0 Å². The molecule has 0 spiro atoms. The van der Waals surface area contributed by atoms with Crippen LogP contribution in [-0.4, -0.2) is 21.4 Å². The van der Waals surface area contributed by atoms with Crippen LogP contribution in [0.4, 0.5) is 11.5 Å². The number of aromatic nitrogens is 2. The third-order valence-corrected chi connectivity index (χ3v) is 2.90. The van der Waals surface area contributed by atoms with Crippen LogP contribution >= 0.6 is 0 Å². The van der Waals surface area contributed by atoms with E-state index in [4.69, 9.17) is 4.74 Å². The molecule has 110 valence electrons. The van der Waals surface area contributed by atoms with Gasteiger partial charge in [-0.05, 0) is 32.4 Å². The standard InChI is InChI=1S/C14H16N4O3/c1-4-15-13-7-14(17-8-16-13)21-12-6-9(2)11(18(19)20)5-10(12)3/h5-8H,4H2,1-3H3,(H,15,16,17). The van der Waals surface area contributed by atoms with Crippen LogP contribution in [0.3, 0.4) is 0 Å². The molecule has 7 heteroatoms. The van der Waals surface area contributed by atoms with Crippen LogP contribution in [0.1, 0.15) is 18.1 Å². The van der Waals surface area contributed by atoms with Crippen molar-refractivity contribution >= 4 is 11.5 Å². The van der Waals surface area contributed by atoms with E-state index < -0.39 is 4.92 Å². The Balaban J connectivity index is 2.29. The van der Waals surface area contributed by atoms with Gasteiger partial charge in [-0.15, -0.1) is 0 Å². The highest BCUT2D eigenvalue weighted by molar-refractivity contribution is 5.50. The Bertz CT molecular complexity index is 673. The minimum Gasteiger partial charge on any atom is -0.439 e. The molecule has 0 saturated heterocycles. The summed E-state index contributed by atoms with van der Waals surface area (Å²) >= 11 is 0. The second-order valence-electron chi connectivity index (χ2n) is 4.54. The summed E-state index contributed by atoms with van der Waals surface area (Å²) in [5.74, 6) is 1.59. The van der Waals surface area contributed by atoms with Crippen LogP contribution in [0.15, 0.2) is 24.5 Å². The Labute approximate surface area is 122 Å². The Hall–Kier alpha value is -2.70. The zero-order chi connectivity index (χ0) is 15.4. The molecule has 0 unspecified atom stereocenters. The normalized spacial score (nSPS) is 10.2. The van der Waals surface area contributed by atoms with E-state index in [0.29, 0.717) is 28.6 Å². The molecule has 0 saturated carbocycles. The minimum absolute atomic E-state index is 0.0795. The molecular weight excluding hydrogens is 272 g/mol. The number of hydrogen-bond acceptors (Lipinski definition) is 6. The van der Waals surface area contributed by atoms with Gasteiger partial charge in [0.2, 0.25) is 5.88 Å². The van der Waals surface area contributed by atoms with E-state index in [1.54, 1.807) is 26.0 Å². The summed E-state index contributed by atoms with van der Waals surface area (Å²) in [6, 6.07) is 4.82. The van der Waals surface area contributed by atoms with Crippen molar-refractivity contribution in [2.24, 2.45) is 0 Å². The molecule has 1 N–H and O–H groups in total. The average Bonchev–Trinajstić information content (AvgIpc) is 2.43. The smallest absolute Gasteiger partial charge is 0.272 e. The van der Waals surface area contributed by atoms with Crippen molar-refractivity contribution in [1.82, 2.24) is 9.97 Å². The Morgan fingerprint density at radius 2 is 2.00 bits per heavy atom. The van der Waals surface area contributed by atoms with E-state index in [0.717, 1.165) is 6.54 Å². The van der Waals surface area contributed by atoms with Gasteiger partial charge in [-0.2, -0.15) is 0 Å². The van der Waals surface area contributed by atoms with Crippen molar-refractivity contribution in [2.75, 3.05) is 11.9 Å². The number of aryl methyl sites for hydroxylation is 2. The number of rotatable bonds is 5. The van der Waals surface area contributed by atoms with Gasteiger partial charge in [0, 0.05) is 24.2 Å². The minimum atomic E-state index is -0.403. The van der Waals surface area contributed by atoms with Gasteiger partial charge in [0.25, 0.3) is 5.69 Å². The van der Waals surface area contributed by atoms with Crippen LogP contribution in [0.25, 0.3) is 0 Å². The van der Waals surface area contributed by atoms with Crippen molar-refractivity contribution in [2.45, 2.75) is 20.8 Å². The third kappa shape index (κ3) is 3.44. The summed E-state index contributed by atoms with van der Waals surface area (Å²) in [6.07, 6.45) is 1.40. The second kappa shape index (κ2) is 6.17. The van der Waals surface area contributed by atoms with E-state index in [-0.39, 0.29) is 5.69 Å². The maximum Gasteiger partial charge on any atom is 0.272 e. The number of nitrogens with zero attached hydrogens (tertiary/aromatic N) is 3. The first-order valence-corrected chi connectivity index (χ1v) is 6.50. The number of nitro benzene ring substituents is 1. The molecule has 0 fully saturated rings. The molecule has 7 nitrogen and oxygen atoms in total. The van der Waals surface area contributed by atoms with Crippen LogP contribution in [-0.2, 0) is 0 Å². The zero-order valence-corrected chi connectivity index (χ0v) is 12.1. The summed E-state index contributed by atoms with van der Waals surface area (Å²) in [4.78, 5) is 18.6. The van der Waals surface area contributed by atoms with Gasteiger partial charge in [-0.25, -0.2) is 9.97 Å². The molecule has 0 bridgehead atoms. The Morgan fingerprint density at radius 1 is 1.24 bits per heavy atom. The van der Waals surface area contributed by atoms with Crippen LogP contribution in [0.5, 0.6) is 11.6 Å². The summed E-state index contributed by atoms with van der Waals surface area (Å²) in [7, 11) is 0. The number of nitrogens with one attached hydrogen (secondary N) is 1. The largest absolute Gasteiger partial charge is 0.439 e. The van der Waals surface area contributed by atoms with E-state index in [1.165, 1.54) is 12.4 Å². The predicted octanol–water partition coefficient (Wildman–Crippen LogP) is 3.23. The van der Waals surface area contributed by atoms with Gasteiger partial charge in [0.05, 0.1) is 4.92 Å². The molecule has 1 aromatic heterocycles. The number of ether oxygens (including phenoxy) is 1. The number of benzene rings is 1. The predicted molar refractivity (Wildman–Crippen MR) is 78.8 cm³/mol. The SMILES string of the molecule is CCNc1cc(Oc2cc(C)c([N+](=O)[O-])cc2C)ncn1. The molecule has 0 aliphatic carbocycles. The zero-order valence-electron chi connectivity index (χ0n) is 12.1. The molecule has 2 rings (SSSR count). The van der Waals surface area contributed by atoms with Gasteiger partial charge < -0.3 is 10.1 Å². The lowest BCUT2D eigenvalue weighted by Crippen LogP contribution is -2.01. The molecule has 2 aromatic rings. The van der Waals surface area contributed by atoms with E-state index in [2.05, 4.69) is 15.3 Å². The molecule has 0 atom stereocenters. The maximum absolute atomic E-state index is 10.9. The van der Waals surface area contributed by atoms with Crippen molar-refractivity contribution in [3.8, 4) is 11.6 Å². The molecule has 21 heavy (non-hydrogen) atoms. The molecule has 0 amide bonds. The first-order valence-electron chi connectivity index (χ1n) is 6.50. The fourth-order valence-electron chi connectivity index (χ4n) is 1.87. The topological polar surface area (TPSA) is 90.2 Å². The molecular formula is C14H16N4O3. The summed E-state index contributed by atoms with van der Waals surface area (Å²) in [5.41, 5.74) is 1.30. The summed E-state index contributed by atoms with van der Waals surface area (Å²) in [6.45, 7) is 6.14. The number of anilines is 1. The fourth-order valence-corrected chi connectivity index (χ4v) is 1.87. The van der Waals surface area contributed by atoms with Crippen molar-refractivity contribution in [1.29, 1.82) is 0 Å². The Kier molecular flexibility index (Phi) is 4.32. The highest BCUT2D eigenvalue weighted by Crippen LogP contribution is 2.30. The first kappa shape index (κ1) is 14.7. The van der Waals surface area contributed by atoms with Crippen LogP contribution < -0.4 is 10.1 Å². The van der Waals surface area contributed by atoms with Gasteiger partial charge in [-0.1, -0.05) is 0 Å². The Morgan fingerprint density at radius 3 is 2.67 bits per heavy atom. The summed E-state index contributed by atoms with van der Waals surface area (Å²) < 4.78 is 5.70. The monoisotopic (exact) mass is 288 g/mol. The molecule has 1 heterocycles. The van der Waals surface area contributed by atoms with Gasteiger partial charge in [0.1, 0.15) is 17.9 Å². The molecule has 0 aliphatic rings. The highest BCUT2D eigenvalue weighted by Gasteiger charge is 2.14. The van der Waals surface area contributed by atoms with E-state index >= 15 is 0 Å². The number of nitro groups is 1. The molecule has 0 aliphatic heterocycles. The maximum atomic E-state index is 10.9. The van der Waals surface area contributed by atoms with E-state index in [1.807, 2.05) is 6.92 Å². The lowest BCUT2D eigenvalue weighted by molar-refractivity contribution is -0.385. The lowest BCUT2D eigenvalue weighted by Gasteiger charge is -2.10. The van der Waals surface area contributed by atoms with Gasteiger partial charge in [-0.3, -0.25) is 10.1 Å². The van der Waals surface area contributed by atoms with Crippen LogP contribution in [0, 0.1) is 24.0 Å². The van der Waals surface area contributed by atoms with Crippen molar-refractivity contribution in [3.05, 3.63) is 45.8 Å². The molecule has 0 radical (unpaired) electrons. The average molecular weight is 288 g/mol. The van der Waals surface area contributed by atoms with Gasteiger partial charge in [0.15, 0.2) is 0 Å². The first-order chi connectivity index (χ1) is 10.0. The van der Waals surface area contributed by atoms with E-state index in [9.17, 15) is 10.1 Å². The third-order valence-electron chi connectivity index (χ3n) is 2.90. The van der Waals surface area contributed by atoms with Crippen molar-refractivity contribution < 1.29 is 9.66 Å². The number of hydrogen-bond donors (Lipinski definition) is 1. The van der Waals surface area contributed by atoms with Gasteiger partial charge >= 0.3 is 0 Å². The van der Waals surface area contributed by atoms with Crippen molar-refractivity contribution in [3.63, 3.8) is 0 Å². The lowest BCUT2D eigenvalue weighted by atomic mass is 10.1. The molecule has 1 aromatic carbocycles.